The molecule has 1 saturated heterocycles. The zero-order valence-electron chi connectivity index (χ0n) is 16.5. The van der Waals surface area contributed by atoms with Crippen LogP contribution in [0.25, 0.3) is 21.9 Å². The van der Waals surface area contributed by atoms with Gasteiger partial charge < -0.3 is 20.5 Å². The lowest BCUT2D eigenvalue weighted by Crippen LogP contribution is -2.49. The highest BCUT2D eigenvalue weighted by Gasteiger charge is 2.23. The molecular formula is C22H23N7O. The Hall–Kier alpha value is -3.68. The first kappa shape index (κ1) is 18.4. The van der Waals surface area contributed by atoms with Gasteiger partial charge in [0.15, 0.2) is 0 Å². The number of piperidine rings is 1. The molecule has 1 aliphatic heterocycles. The summed E-state index contributed by atoms with van der Waals surface area (Å²) >= 11 is 0. The number of nitrogens with one attached hydrogen (secondary N) is 3. The van der Waals surface area contributed by atoms with Crippen LogP contribution in [-0.4, -0.2) is 51.5 Å². The van der Waals surface area contributed by atoms with Crippen LogP contribution in [-0.2, 0) is 4.79 Å². The fourth-order valence-corrected chi connectivity index (χ4v) is 4.11. The smallest absolute Gasteiger partial charge is 0.239 e. The minimum absolute atomic E-state index is 0.0165. The molecule has 1 amide bonds. The Kier molecular flexibility index (Phi) is 4.88. The number of rotatable bonds is 5. The van der Waals surface area contributed by atoms with E-state index in [9.17, 15) is 4.79 Å². The first-order chi connectivity index (χ1) is 14.8. The molecule has 3 aromatic heterocycles. The number of hydrogen-bond acceptors (Lipinski definition) is 6. The van der Waals surface area contributed by atoms with Gasteiger partial charge in [0.25, 0.3) is 0 Å². The fourth-order valence-electron chi connectivity index (χ4n) is 4.11. The lowest BCUT2D eigenvalue weighted by Gasteiger charge is -2.34. The number of amides is 1. The average Bonchev–Trinajstić information content (AvgIpc) is 3.27. The van der Waals surface area contributed by atoms with Gasteiger partial charge in [0, 0.05) is 42.6 Å². The van der Waals surface area contributed by atoms with Crippen molar-refractivity contribution in [3.8, 4) is 0 Å². The van der Waals surface area contributed by atoms with E-state index in [2.05, 4.69) is 35.5 Å². The standard InChI is InChI=1S/C22H23N7O/c30-20(12-25-19-7-1-6-18-16(19)5-2-9-23-18)28-15-4-3-11-29(13-15)22-17-8-10-24-21(17)26-14-27-22/h1-2,5-10,14-15,25H,3-4,11-13H2,(H,28,30)(H,24,26,27). The van der Waals surface area contributed by atoms with Gasteiger partial charge in [-0.2, -0.15) is 0 Å². The first-order valence-corrected chi connectivity index (χ1v) is 10.2. The van der Waals surface area contributed by atoms with Crippen molar-refractivity contribution in [2.24, 2.45) is 0 Å². The molecule has 4 heterocycles. The Morgan fingerprint density at radius 2 is 2.10 bits per heavy atom. The average molecular weight is 401 g/mol. The second kappa shape index (κ2) is 7.98. The first-order valence-electron chi connectivity index (χ1n) is 10.2. The molecule has 0 spiro atoms. The molecule has 5 rings (SSSR count). The van der Waals surface area contributed by atoms with Crippen LogP contribution in [0.1, 0.15) is 12.8 Å². The zero-order chi connectivity index (χ0) is 20.3. The van der Waals surface area contributed by atoms with Crippen LogP contribution < -0.4 is 15.5 Å². The summed E-state index contributed by atoms with van der Waals surface area (Å²) in [5.41, 5.74) is 2.66. The predicted molar refractivity (Wildman–Crippen MR) is 117 cm³/mol. The predicted octanol–water partition coefficient (Wildman–Crippen LogP) is 2.70. The molecule has 30 heavy (non-hydrogen) atoms. The Labute approximate surface area is 173 Å². The molecule has 8 heteroatoms. The van der Waals surface area contributed by atoms with Gasteiger partial charge in [-0.1, -0.05) is 6.07 Å². The molecule has 3 N–H and O–H groups in total. The molecule has 0 aliphatic carbocycles. The number of fused-ring (bicyclic) bond motifs is 2. The number of benzene rings is 1. The number of H-pyrrole nitrogens is 1. The van der Waals surface area contributed by atoms with Crippen molar-refractivity contribution in [2.75, 3.05) is 29.9 Å². The van der Waals surface area contributed by atoms with Crippen LogP contribution in [0.5, 0.6) is 0 Å². The lowest BCUT2D eigenvalue weighted by atomic mass is 10.1. The van der Waals surface area contributed by atoms with Gasteiger partial charge in [0.1, 0.15) is 17.8 Å². The Balaban J connectivity index is 1.22. The monoisotopic (exact) mass is 401 g/mol. The quantitative estimate of drug-likeness (QED) is 0.476. The number of nitrogens with zero attached hydrogens (tertiary/aromatic N) is 4. The van der Waals surface area contributed by atoms with Crippen molar-refractivity contribution in [1.29, 1.82) is 0 Å². The third kappa shape index (κ3) is 3.63. The molecule has 0 radical (unpaired) electrons. The van der Waals surface area contributed by atoms with E-state index >= 15 is 0 Å². The minimum atomic E-state index is -0.0165. The van der Waals surface area contributed by atoms with Gasteiger partial charge in [0.05, 0.1) is 17.4 Å². The maximum atomic E-state index is 12.6. The van der Waals surface area contributed by atoms with Crippen molar-refractivity contribution in [3.63, 3.8) is 0 Å². The summed E-state index contributed by atoms with van der Waals surface area (Å²) in [7, 11) is 0. The van der Waals surface area contributed by atoms with Crippen molar-refractivity contribution >= 4 is 39.3 Å². The van der Waals surface area contributed by atoms with Gasteiger partial charge in [-0.05, 0) is 43.2 Å². The molecular weight excluding hydrogens is 378 g/mol. The summed E-state index contributed by atoms with van der Waals surface area (Å²) in [5, 5.41) is 8.44. The molecule has 1 unspecified atom stereocenters. The van der Waals surface area contributed by atoms with Crippen LogP contribution in [0, 0.1) is 0 Å². The molecule has 1 aromatic carbocycles. The van der Waals surface area contributed by atoms with E-state index in [0.717, 1.165) is 59.4 Å². The van der Waals surface area contributed by atoms with Crippen LogP contribution >= 0.6 is 0 Å². The van der Waals surface area contributed by atoms with E-state index in [-0.39, 0.29) is 18.5 Å². The number of hydrogen-bond donors (Lipinski definition) is 3. The van der Waals surface area contributed by atoms with Crippen LogP contribution in [0.2, 0.25) is 0 Å². The van der Waals surface area contributed by atoms with E-state index in [1.165, 1.54) is 0 Å². The van der Waals surface area contributed by atoms with E-state index in [4.69, 9.17) is 0 Å². The summed E-state index contributed by atoms with van der Waals surface area (Å²) in [6.45, 7) is 1.88. The van der Waals surface area contributed by atoms with Gasteiger partial charge >= 0.3 is 0 Å². The van der Waals surface area contributed by atoms with Gasteiger partial charge in [-0.3, -0.25) is 9.78 Å². The minimum Gasteiger partial charge on any atom is -0.376 e. The fraction of sp³-hybridized carbons (Fsp3) is 0.273. The highest BCUT2D eigenvalue weighted by molar-refractivity contribution is 5.93. The van der Waals surface area contributed by atoms with Crippen molar-refractivity contribution in [2.45, 2.75) is 18.9 Å². The van der Waals surface area contributed by atoms with Gasteiger partial charge in [-0.25, -0.2) is 9.97 Å². The lowest BCUT2D eigenvalue weighted by molar-refractivity contribution is -0.120. The number of carbonyl (C=O) groups excluding carboxylic acids is 1. The Bertz CT molecular complexity index is 1180. The summed E-state index contributed by atoms with van der Waals surface area (Å²) in [4.78, 5) is 31.1. The summed E-state index contributed by atoms with van der Waals surface area (Å²) in [5.74, 6) is 0.902. The third-order valence-electron chi connectivity index (χ3n) is 5.50. The Morgan fingerprint density at radius 3 is 3.07 bits per heavy atom. The maximum Gasteiger partial charge on any atom is 0.239 e. The van der Waals surface area contributed by atoms with Gasteiger partial charge in [-0.15, -0.1) is 0 Å². The van der Waals surface area contributed by atoms with Gasteiger partial charge in [0.2, 0.25) is 5.91 Å². The zero-order valence-corrected chi connectivity index (χ0v) is 16.5. The second-order valence-electron chi connectivity index (χ2n) is 7.52. The number of pyridine rings is 1. The SMILES string of the molecule is O=C(CNc1cccc2ncccc12)NC1CCCN(c2ncnc3[nH]ccc23)C1. The van der Waals surface area contributed by atoms with Crippen LogP contribution in [0.15, 0.2) is 55.1 Å². The molecule has 0 saturated carbocycles. The number of carbonyl (C=O) groups is 1. The molecule has 152 valence electrons. The molecule has 0 bridgehead atoms. The van der Waals surface area contributed by atoms with Crippen LogP contribution in [0.4, 0.5) is 11.5 Å². The van der Waals surface area contributed by atoms with Crippen molar-refractivity contribution in [1.82, 2.24) is 25.3 Å². The highest BCUT2D eigenvalue weighted by atomic mass is 16.2. The Morgan fingerprint density at radius 1 is 1.13 bits per heavy atom. The number of aromatic nitrogens is 4. The van der Waals surface area contributed by atoms with E-state index in [0.29, 0.717) is 0 Å². The summed E-state index contributed by atoms with van der Waals surface area (Å²) in [6.07, 6.45) is 7.19. The largest absolute Gasteiger partial charge is 0.376 e. The van der Waals surface area contributed by atoms with Crippen molar-refractivity contribution in [3.05, 3.63) is 55.1 Å². The summed E-state index contributed by atoms with van der Waals surface area (Å²) < 4.78 is 0. The van der Waals surface area contributed by atoms with E-state index in [1.807, 2.05) is 42.6 Å². The molecule has 1 aliphatic rings. The molecule has 1 atom stereocenters. The topological polar surface area (TPSA) is 98.8 Å². The number of anilines is 2. The van der Waals surface area contributed by atoms with E-state index < -0.39 is 0 Å². The van der Waals surface area contributed by atoms with Crippen LogP contribution in [0.3, 0.4) is 0 Å². The number of aromatic amines is 1. The molecule has 1 fully saturated rings. The van der Waals surface area contributed by atoms with Crippen molar-refractivity contribution < 1.29 is 4.79 Å². The summed E-state index contributed by atoms with van der Waals surface area (Å²) in [6, 6.07) is 11.9. The third-order valence-corrected chi connectivity index (χ3v) is 5.50. The molecule has 4 aromatic rings. The van der Waals surface area contributed by atoms with E-state index in [1.54, 1.807) is 12.5 Å². The normalized spacial score (nSPS) is 16.7. The second-order valence-corrected chi connectivity index (χ2v) is 7.52. The highest BCUT2D eigenvalue weighted by Crippen LogP contribution is 2.25. The maximum absolute atomic E-state index is 12.6. The molecule has 8 nitrogen and oxygen atoms in total.